The Labute approximate surface area is 164 Å². The number of hydrogen-bond donors (Lipinski definition) is 1. The van der Waals surface area contributed by atoms with E-state index in [-0.39, 0.29) is 0 Å². The predicted molar refractivity (Wildman–Crippen MR) is 101 cm³/mol. The summed E-state index contributed by atoms with van der Waals surface area (Å²) >= 11 is 1.11. The van der Waals surface area contributed by atoms with Gasteiger partial charge in [-0.3, -0.25) is 5.10 Å². The average Bonchev–Trinajstić information content (AvgIpc) is 3.31. The van der Waals surface area contributed by atoms with Crippen LogP contribution in [0.1, 0.15) is 29.7 Å². The maximum atomic E-state index is 12.8. The fourth-order valence-electron chi connectivity index (χ4n) is 4.91. The van der Waals surface area contributed by atoms with E-state index in [4.69, 9.17) is 0 Å². The Bertz CT molecular complexity index is 975. The van der Waals surface area contributed by atoms with Gasteiger partial charge >= 0.3 is 6.18 Å². The molecule has 2 aliphatic rings. The molecule has 1 saturated carbocycles. The van der Waals surface area contributed by atoms with Crippen molar-refractivity contribution in [3.05, 3.63) is 35.2 Å². The van der Waals surface area contributed by atoms with Crippen molar-refractivity contribution in [2.24, 2.45) is 11.3 Å². The average molecular weight is 407 g/mol. The summed E-state index contributed by atoms with van der Waals surface area (Å²) in [6.45, 7) is 1.82. The number of hydrogen-bond acceptors (Lipinski definition) is 5. The van der Waals surface area contributed by atoms with Crippen LogP contribution in [0, 0.1) is 11.3 Å². The Morgan fingerprint density at radius 2 is 2.14 bits per heavy atom. The summed E-state index contributed by atoms with van der Waals surface area (Å²) in [5.41, 5.74) is 1.57. The van der Waals surface area contributed by atoms with Crippen molar-refractivity contribution in [2.75, 3.05) is 18.0 Å². The molecule has 1 N–H and O–H groups in total. The standard InChI is InChI=1S/C19H20F3N5S/c20-19(21,22)7-14-4-15-16(23-11-24-17(15)28-14)27-2-1-18(10-27)5-12(6-18)3-13-8-25-26-9-13/h4,8-9,11-12H,1-3,5-7,10H2,(H,25,26). The van der Waals surface area contributed by atoms with Gasteiger partial charge in [-0.25, -0.2) is 9.97 Å². The zero-order valence-corrected chi connectivity index (χ0v) is 16.0. The van der Waals surface area contributed by atoms with Gasteiger partial charge in [-0.05, 0) is 48.6 Å². The first-order valence-corrected chi connectivity index (χ1v) is 10.2. The van der Waals surface area contributed by atoms with Crippen LogP contribution in [-0.4, -0.2) is 39.4 Å². The number of nitrogens with one attached hydrogen (secondary N) is 1. The molecular formula is C19H20F3N5S. The molecule has 1 spiro atoms. The van der Waals surface area contributed by atoms with Crippen molar-refractivity contribution in [1.29, 1.82) is 0 Å². The number of anilines is 1. The number of thiophene rings is 1. The van der Waals surface area contributed by atoms with Crippen LogP contribution in [0.25, 0.3) is 10.2 Å². The molecule has 0 bridgehead atoms. The second kappa shape index (κ2) is 6.43. The Hall–Kier alpha value is -2.16. The van der Waals surface area contributed by atoms with Crippen LogP contribution < -0.4 is 4.90 Å². The van der Waals surface area contributed by atoms with Crippen LogP contribution in [-0.2, 0) is 12.8 Å². The third-order valence-electron chi connectivity index (χ3n) is 5.99. The molecule has 0 amide bonds. The van der Waals surface area contributed by atoms with Gasteiger partial charge in [-0.15, -0.1) is 11.3 Å². The van der Waals surface area contributed by atoms with Gasteiger partial charge in [0.2, 0.25) is 0 Å². The molecule has 0 atom stereocenters. The normalized spacial score (nSPS) is 25.0. The number of nitrogens with zero attached hydrogens (tertiary/aromatic N) is 4. The van der Waals surface area contributed by atoms with E-state index in [1.54, 1.807) is 6.07 Å². The molecule has 4 heterocycles. The first-order valence-electron chi connectivity index (χ1n) is 9.42. The van der Waals surface area contributed by atoms with Gasteiger partial charge < -0.3 is 4.90 Å². The van der Waals surface area contributed by atoms with Gasteiger partial charge in [0.1, 0.15) is 17.0 Å². The number of rotatable bonds is 4. The van der Waals surface area contributed by atoms with E-state index >= 15 is 0 Å². The second-order valence-corrected chi connectivity index (χ2v) is 9.29. The minimum atomic E-state index is -4.21. The minimum absolute atomic E-state index is 0.294. The Morgan fingerprint density at radius 3 is 2.89 bits per heavy atom. The summed E-state index contributed by atoms with van der Waals surface area (Å²) in [6.07, 6.45) is 4.74. The lowest BCUT2D eigenvalue weighted by Crippen LogP contribution is -2.40. The molecule has 2 fully saturated rings. The SMILES string of the molecule is FC(F)(F)Cc1cc2c(N3CCC4(CC(Cc5cn[nH]c5)C4)C3)ncnc2s1. The van der Waals surface area contributed by atoms with Crippen LogP contribution in [0.4, 0.5) is 19.0 Å². The van der Waals surface area contributed by atoms with Crippen molar-refractivity contribution in [3.63, 3.8) is 0 Å². The van der Waals surface area contributed by atoms with Gasteiger partial charge in [-0.1, -0.05) is 0 Å². The lowest BCUT2D eigenvalue weighted by molar-refractivity contribution is -0.126. The van der Waals surface area contributed by atoms with E-state index in [9.17, 15) is 13.2 Å². The van der Waals surface area contributed by atoms with E-state index in [2.05, 4.69) is 25.1 Å². The molecule has 0 aromatic carbocycles. The molecule has 148 valence electrons. The number of fused-ring (bicyclic) bond motifs is 1. The molecule has 5 nitrogen and oxygen atoms in total. The summed E-state index contributed by atoms with van der Waals surface area (Å²) in [7, 11) is 0. The smallest absolute Gasteiger partial charge is 0.355 e. The van der Waals surface area contributed by atoms with Crippen molar-refractivity contribution < 1.29 is 13.2 Å². The second-order valence-electron chi connectivity index (χ2n) is 8.18. The summed E-state index contributed by atoms with van der Waals surface area (Å²) in [4.78, 5) is 11.8. The number of H-pyrrole nitrogens is 1. The highest BCUT2D eigenvalue weighted by Crippen LogP contribution is 2.53. The summed E-state index contributed by atoms with van der Waals surface area (Å²) in [6, 6.07) is 1.62. The molecular weight excluding hydrogens is 387 g/mol. The zero-order chi connectivity index (χ0) is 19.4. The van der Waals surface area contributed by atoms with Gasteiger partial charge in [0, 0.05) is 24.2 Å². The quantitative estimate of drug-likeness (QED) is 0.698. The first kappa shape index (κ1) is 17.9. The molecule has 1 aliphatic carbocycles. The van der Waals surface area contributed by atoms with Crippen molar-refractivity contribution in [2.45, 2.75) is 38.3 Å². The predicted octanol–water partition coefficient (Wildman–Crippen LogP) is 4.37. The fraction of sp³-hybridized carbons (Fsp3) is 0.526. The molecule has 3 aromatic rings. The largest absolute Gasteiger partial charge is 0.393 e. The van der Waals surface area contributed by atoms with E-state index in [1.807, 2.05) is 12.4 Å². The lowest BCUT2D eigenvalue weighted by Gasteiger charge is -2.45. The molecule has 28 heavy (non-hydrogen) atoms. The lowest BCUT2D eigenvalue weighted by atomic mass is 9.60. The van der Waals surface area contributed by atoms with Crippen LogP contribution in [0.15, 0.2) is 24.8 Å². The van der Waals surface area contributed by atoms with Crippen LogP contribution >= 0.6 is 11.3 Å². The summed E-state index contributed by atoms with van der Waals surface area (Å²) < 4.78 is 38.3. The maximum absolute atomic E-state index is 12.8. The summed E-state index contributed by atoms with van der Waals surface area (Å²) in [5, 5.41) is 7.62. The van der Waals surface area contributed by atoms with Crippen LogP contribution in [0.3, 0.4) is 0 Å². The Kier molecular flexibility index (Phi) is 4.12. The van der Waals surface area contributed by atoms with Gasteiger partial charge in [0.25, 0.3) is 0 Å². The molecule has 0 unspecified atom stereocenters. The number of aromatic amines is 1. The maximum Gasteiger partial charge on any atom is 0.393 e. The highest BCUT2D eigenvalue weighted by molar-refractivity contribution is 7.18. The number of halogens is 3. The van der Waals surface area contributed by atoms with Gasteiger partial charge in [-0.2, -0.15) is 18.3 Å². The fourth-order valence-corrected chi connectivity index (χ4v) is 5.93. The highest BCUT2D eigenvalue weighted by Gasteiger charge is 2.48. The Morgan fingerprint density at radius 1 is 1.29 bits per heavy atom. The highest BCUT2D eigenvalue weighted by atomic mass is 32.1. The van der Waals surface area contributed by atoms with E-state index in [0.29, 0.717) is 21.0 Å². The Balaban J connectivity index is 1.30. The van der Waals surface area contributed by atoms with Crippen molar-refractivity contribution in [1.82, 2.24) is 20.2 Å². The number of aromatic nitrogens is 4. The third kappa shape index (κ3) is 3.36. The van der Waals surface area contributed by atoms with Crippen molar-refractivity contribution >= 4 is 27.4 Å². The van der Waals surface area contributed by atoms with Crippen molar-refractivity contribution in [3.8, 4) is 0 Å². The molecule has 0 radical (unpaired) electrons. The minimum Gasteiger partial charge on any atom is -0.355 e. The zero-order valence-electron chi connectivity index (χ0n) is 15.2. The molecule has 9 heteroatoms. The van der Waals surface area contributed by atoms with E-state index in [0.717, 1.165) is 48.5 Å². The monoisotopic (exact) mass is 407 g/mol. The van der Waals surface area contributed by atoms with Crippen LogP contribution in [0.2, 0.25) is 0 Å². The van der Waals surface area contributed by atoms with Gasteiger partial charge in [0.05, 0.1) is 18.0 Å². The first-order chi connectivity index (χ1) is 13.4. The summed E-state index contributed by atoms with van der Waals surface area (Å²) in [5.74, 6) is 1.47. The molecule has 5 rings (SSSR count). The molecule has 1 saturated heterocycles. The van der Waals surface area contributed by atoms with Gasteiger partial charge in [0.15, 0.2) is 0 Å². The topological polar surface area (TPSA) is 57.7 Å². The molecule has 1 aliphatic heterocycles. The third-order valence-corrected chi connectivity index (χ3v) is 7.04. The van der Waals surface area contributed by atoms with E-state index in [1.165, 1.54) is 24.7 Å². The molecule has 3 aromatic heterocycles. The van der Waals surface area contributed by atoms with Crippen LogP contribution in [0.5, 0.6) is 0 Å². The number of alkyl halides is 3. The van der Waals surface area contributed by atoms with E-state index < -0.39 is 12.6 Å².